The van der Waals surface area contributed by atoms with Crippen molar-refractivity contribution >= 4 is 44.6 Å². The molecule has 33 heavy (non-hydrogen) atoms. The van der Waals surface area contributed by atoms with Gasteiger partial charge in [0.2, 0.25) is 0 Å². The van der Waals surface area contributed by atoms with Gasteiger partial charge in [0.15, 0.2) is 0 Å². The van der Waals surface area contributed by atoms with E-state index in [-0.39, 0.29) is 18.2 Å². The van der Waals surface area contributed by atoms with E-state index < -0.39 is 6.23 Å². The largest absolute Gasteiger partial charge is 0.491 e. The van der Waals surface area contributed by atoms with Gasteiger partial charge in [0.25, 0.3) is 0 Å². The number of piperidine rings is 1. The Labute approximate surface area is 197 Å². The Kier molecular flexibility index (Phi) is 5.96. The molecule has 1 aromatic carbocycles. The first-order valence-electron chi connectivity index (χ1n) is 11.4. The molecular formula is C24H29N5O3S. The maximum Gasteiger partial charge on any atom is 0.331 e. The maximum atomic E-state index is 13.3. The summed E-state index contributed by atoms with van der Waals surface area (Å²) in [6.07, 6.45) is 2.98. The van der Waals surface area contributed by atoms with Gasteiger partial charge in [-0.15, -0.1) is 11.3 Å². The first-order chi connectivity index (χ1) is 15.9. The van der Waals surface area contributed by atoms with Crippen LogP contribution in [0.3, 0.4) is 0 Å². The number of carbonyl (C=O) groups is 1. The average Bonchev–Trinajstić information content (AvgIpc) is 3.16. The second-order valence-electron chi connectivity index (χ2n) is 8.85. The number of anilines is 3. The summed E-state index contributed by atoms with van der Waals surface area (Å²) >= 11 is 1.41. The lowest BCUT2D eigenvalue weighted by molar-refractivity contribution is 0.120. The van der Waals surface area contributed by atoms with Crippen molar-refractivity contribution in [1.82, 2.24) is 15.6 Å². The van der Waals surface area contributed by atoms with E-state index in [1.807, 2.05) is 45.0 Å². The Hall–Kier alpha value is -2.72. The third-order valence-corrected chi connectivity index (χ3v) is 7.14. The van der Waals surface area contributed by atoms with E-state index in [2.05, 4.69) is 20.9 Å². The summed E-state index contributed by atoms with van der Waals surface area (Å²) < 4.78 is 5.85. The number of aryl methyl sites for hydroxylation is 1. The first kappa shape index (κ1) is 22.1. The summed E-state index contributed by atoms with van der Waals surface area (Å²) in [7, 11) is 0. The number of aliphatic hydroxyl groups is 1. The number of urea groups is 1. The molecule has 3 aromatic rings. The number of aliphatic hydroxyl groups excluding tert-OH is 1. The molecule has 5 rings (SSSR count). The van der Waals surface area contributed by atoms with Crippen molar-refractivity contribution in [2.75, 3.05) is 23.3 Å². The molecule has 0 aliphatic carbocycles. The summed E-state index contributed by atoms with van der Waals surface area (Å²) in [5, 5.41) is 21.5. The molecule has 2 amide bonds. The number of pyridine rings is 1. The van der Waals surface area contributed by atoms with Crippen LogP contribution in [0, 0.1) is 6.92 Å². The smallest absolute Gasteiger partial charge is 0.331 e. The van der Waals surface area contributed by atoms with Crippen LogP contribution in [0.25, 0.3) is 10.2 Å². The van der Waals surface area contributed by atoms with Crippen LogP contribution in [0.15, 0.2) is 30.5 Å². The monoisotopic (exact) mass is 467 g/mol. The van der Waals surface area contributed by atoms with Gasteiger partial charge in [-0.25, -0.2) is 9.78 Å². The molecule has 4 heterocycles. The predicted molar refractivity (Wildman–Crippen MR) is 132 cm³/mol. The molecule has 0 radical (unpaired) electrons. The van der Waals surface area contributed by atoms with E-state index in [4.69, 9.17) is 4.74 Å². The molecule has 1 saturated heterocycles. The van der Waals surface area contributed by atoms with Gasteiger partial charge in [-0.2, -0.15) is 0 Å². The highest BCUT2D eigenvalue weighted by molar-refractivity contribution is 7.19. The molecule has 174 valence electrons. The normalized spacial score (nSPS) is 19.1. The molecule has 8 nitrogen and oxygen atoms in total. The van der Waals surface area contributed by atoms with Crippen molar-refractivity contribution in [2.45, 2.75) is 52.0 Å². The number of hydrogen-bond acceptors (Lipinski definition) is 7. The third kappa shape index (κ3) is 4.17. The first-order valence-corrected chi connectivity index (χ1v) is 12.2. The molecular weight excluding hydrogens is 438 g/mol. The number of aromatic nitrogens is 1. The number of benzene rings is 1. The summed E-state index contributed by atoms with van der Waals surface area (Å²) in [5.41, 5.74) is 3.10. The van der Waals surface area contributed by atoms with Crippen molar-refractivity contribution in [3.05, 3.63) is 40.9 Å². The predicted octanol–water partition coefficient (Wildman–Crippen LogP) is 4.41. The summed E-state index contributed by atoms with van der Waals surface area (Å²) in [6.45, 7) is 7.77. The Morgan fingerprint density at radius 2 is 2.18 bits per heavy atom. The van der Waals surface area contributed by atoms with E-state index in [1.165, 1.54) is 11.3 Å². The van der Waals surface area contributed by atoms with Gasteiger partial charge in [0.1, 0.15) is 16.8 Å². The van der Waals surface area contributed by atoms with Gasteiger partial charge in [0, 0.05) is 18.8 Å². The quantitative estimate of drug-likeness (QED) is 0.401. The van der Waals surface area contributed by atoms with E-state index >= 15 is 0 Å². The highest BCUT2D eigenvalue weighted by atomic mass is 32.1. The number of hydrogen-bond donors (Lipinski definition) is 4. The number of amides is 2. The van der Waals surface area contributed by atoms with Crippen LogP contribution in [0.4, 0.5) is 21.9 Å². The van der Waals surface area contributed by atoms with E-state index in [1.54, 1.807) is 11.1 Å². The number of thiophene rings is 1. The van der Waals surface area contributed by atoms with Gasteiger partial charge >= 0.3 is 6.03 Å². The molecule has 2 aliphatic heterocycles. The van der Waals surface area contributed by atoms with E-state index in [0.29, 0.717) is 10.6 Å². The molecule has 4 N–H and O–H groups in total. The SMILES string of the molecule is Cc1cc(N2C(=O)Nc3c(C(O)N[C@@H]4CCCNC4)sc4nccc2c34)ccc1OC(C)C. The van der Waals surface area contributed by atoms with Gasteiger partial charge in [-0.1, -0.05) is 0 Å². The van der Waals surface area contributed by atoms with Crippen LogP contribution in [0.5, 0.6) is 5.75 Å². The van der Waals surface area contributed by atoms with Crippen LogP contribution >= 0.6 is 11.3 Å². The molecule has 1 fully saturated rings. The van der Waals surface area contributed by atoms with Crippen molar-refractivity contribution in [2.24, 2.45) is 0 Å². The zero-order chi connectivity index (χ0) is 23.1. The van der Waals surface area contributed by atoms with E-state index in [9.17, 15) is 9.90 Å². The average molecular weight is 468 g/mol. The fourth-order valence-corrected chi connectivity index (χ4v) is 5.57. The molecule has 2 aromatic heterocycles. The Balaban J connectivity index is 1.51. The van der Waals surface area contributed by atoms with Gasteiger partial charge in [0.05, 0.1) is 33.4 Å². The van der Waals surface area contributed by atoms with Crippen molar-refractivity contribution in [3.8, 4) is 5.75 Å². The number of nitrogens with zero attached hydrogens (tertiary/aromatic N) is 2. The summed E-state index contributed by atoms with van der Waals surface area (Å²) in [6, 6.07) is 7.51. The second kappa shape index (κ2) is 8.90. The maximum absolute atomic E-state index is 13.3. The highest BCUT2D eigenvalue weighted by Gasteiger charge is 2.33. The Bertz CT molecular complexity index is 1190. The van der Waals surface area contributed by atoms with Gasteiger partial charge < -0.3 is 20.5 Å². The molecule has 2 aliphatic rings. The fourth-order valence-electron chi connectivity index (χ4n) is 4.51. The van der Waals surface area contributed by atoms with Crippen LogP contribution in [-0.2, 0) is 0 Å². The van der Waals surface area contributed by atoms with Gasteiger partial charge in [-0.3, -0.25) is 10.2 Å². The van der Waals surface area contributed by atoms with Crippen molar-refractivity contribution in [1.29, 1.82) is 0 Å². The lowest BCUT2D eigenvalue weighted by Gasteiger charge is -2.30. The van der Waals surface area contributed by atoms with E-state index in [0.717, 1.165) is 58.8 Å². The number of ether oxygens (including phenoxy) is 1. The topological polar surface area (TPSA) is 98.8 Å². The zero-order valence-electron chi connectivity index (χ0n) is 19.0. The molecule has 9 heteroatoms. The molecule has 0 spiro atoms. The highest BCUT2D eigenvalue weighted by Crippen LogP contribution is 2.47. The van der Waals surface area contributed by atoms with Gasteiger partial charge in [-0.05, 0) is 70.0 Å². The van der Waals surface area contributed by atoms with Crippen molar-refractivity contribution < 1.29 is 14.6 Å². The summed E-state index contributed by atoms with van der Waals surface area (Å²) in [4.78, 5) is 20.9. The summed E-state index contributed by atoms with van der Waals surface area (Å²) in [5.74, 6) is 0.802. The minimum Gasteiger partial charge on any atom is -0.491 e. The third-order valence-electron chi connectivity index (χ3n) is 5.99. The molecule has 0 saturated carbocycles. The standard InChI is InChI=1S/C24H29N5O3S/c1-13(2)32-18-7-6-16(11-14(18)3)29-17-8-10-26-23-19(17)20(28-24(29)31)21(33-23)22(30)27-15-5-4-9-25-12-15/h6-8,10-11,13,15,22,25,27,30H,4-5,9,12H2,1-3H3,(H,28,31)/t15-,22?/m1/s1. The molecule has 0 bridgehead atoms. The fraction of sp³-hybridized carbons (Fsp3) is 0.417. The van der Waals surface area contributed by atoms with Crippen LogP contribution in [0.2, 0.25) is 0 Å². The Morgan fingerprint density at radius 3 is 2.91 bits per heavy atom. The number of nitrogens with one attached hydrogen (secondary N) is 3. The van der Waals surface area contributed by atoms with Crippen LogP contribution in [-0.4, -0.2) is 41.4 Å². The number of rotatable bonds is 6. The zero-order valence-corrected chi connectivity index (χ0v) is 19.8. The Morgan fingerprint density at radius 1 is 1.33 bits per heavy atom. The minimum atomic E-state index is -0.876. The van der Waals surface area contributed by atoms with Crippen LogP contribution in [0.1, 0.15) is 43.4 Å². The molecule has 2 atom stereocenters. The van der Waals surface area contributed by atoms with Crippen LogP contribution < -0.4 is 25.6 Å². The molecule has 1 unspecified atom stereocenters. The number of carbonyl (C=O) groups excluding carboxylic acids is 1. The second-order valence-corrected chi connectivity index (χ2v) is 9.88. The lowest BCUT2D eigenvalue weighted by atomic mass is 10.1. The van der Waals surface area contributed by atoms with Crippen molar-refractivity contribution in [3.63, 3.8) is 0 Å². The minimum absolute atomic E-state index is 0.0730. The lowest BCUT2D eigenvalue weighted by Crippen LogP contribution is -2.44.